The van der Waals surface area contributed by atoms with E-state index in [4.69, 9.17) is 5.73 Å². The fourth-order valence-corrected chi connectivity index (χ4v) is 1.45. The summed E-state index contributed by atoms with van der Waals surface area (Å²) < 4.78 is 0. The van der Waals surface area contributed by atoms with Gasteiger partial charge in [-0.05, 0) is 12.1 Å². The zero-order valence-electron chi connectivity index (χ0n) is 9.90. The number of nitrogen functional groups attached to an aromatic ring is 1. The van der Waals surface area contributed by atoms with E-state index in [0.717, 1.165) is 11.3 Å². The second kappa shape index (κ2) is 5.17. The minimum Gasteiger partial charge on any atom is -0.384 e. The maximum atomic E-state index is 11.4. The van der Waals surface area contributed by atoms with Crippen LogP contribution in [0.25, 0.3) is 0 Å². The van der Waals surface area contributed by atoms with Crippen LogP contribution in [-0.2, 0) is 6.54 Å². The van der Waals surface area contributed by atoms with Crippen molar-refractivity contribution in [1.82, 2.24) is 20.5 Å². The summed E-state index contributed by atoms with van der Waals surface area (Å²) in [6, 6.07) is 3.46. The molecule has 7 nitrogen and oxygen atoms in total. The molecule has 7 heteroatoms. The van der Waals surface area contributed by atoms with E-state index in [9.17, 15) is 4.79 Å². The third-order valence-electron chi connectivity index (χ3n) is 2.45. The minimum atomic E-state index is -0.221. The Kier molecular flexibility index (Phi) is 3.42. The number of anilines is 2. The van der Waals surface area contributed by atoms with Crippen LogP contribution in [0.15, 0.2) is 24.5 Å². The average Bonchev–Trinajstić information content (AvgIpc) is 2.81. The molecule has 0 atom stereocenters. The zero-order valence-corrected chi connectivity index (χ0v) is 9.90. The van der Waals surface area contributed by atoms with Gasteiger partial charge in [0.2, 0.25) is 0 Å². The van der Waals surface area contributed by atoms with Gasteiger partial charge in [0.25, 0.3) is 5.91 Å². The van der Waals surface area contributed by atoms with Crippen LogP contribution >= 0.6 is 0 Å². The number of aromatic amines is 1. The molecule has 2 aromatic rings. The molecule has 2 heterocycles. The number of hydrogen-bond donors (Lipinski definition) is 4. The maximum Gasteiger partial charge on any atom is 0.269 e. The number of aromatic nitrogens is 3. The van der Waals surface area contributed by atoms with Crippen LogP contribution in [0.4, 0.5) is 11.5 Å². The molecular weight excluding hydrogens is 232 g/mol. The molecule has 0 saturated carbocycles. The number of carbonyl (C=O) groups is 1. The van der Waals surface area contributed by atoms with E-state index in [1.807, 2.05) is 0 Å². The molecule has 0 aliphatic carbocycles. The van der Waals surface area contributed by atoms with Gasteiger partial charge in [-0.15, -0.1) is 0 Å². The van der Waals surface area contributed by atoms with Gasteiger partial charge in [0, 0.05) is 31.0 Å². The lowest BCUT2D eigenvalue weighted by Crippen LogP contribution is -2.19. The van der Waals surface area contributed by atoms with E-state index in [1.54, 1.807) is 31.6 Å². The highest BCUT2D eigenvalue weighted by atomic mass is 16.1. The first-order valence-corrected chi connectivity index (χ1v) is 5.40. The Labute approximate surface area is 104 Å². The Bertz CT molecular complexity index is 550. The first kappa shape index (κ1) is 11.9. The summed E-state index contributed by atoms with van der Waals surface area (Å²) in [5, 5.41) is 12.2. The van der Waals surface area contributed by atoms with E-state index >= 15 is 0 Å². The molecule has 0 fully saturated rings. The largest absolute Gasteiger partial charge is 0.384 e. The van der Waals surface area contributed by atoms with Crippen molar-refractivity contribution in [2.24, 2.45) is 0 Å². The quantitative estimate of drug-likeness (QED) is 0.622. The van der Waals surface area contributed by atoms with Crippen LogP contribution in [0.3, 0.4) is 0 Å². The summed E-state index contributed by atoms with van der Waals surface area (Å²) in [4.78, 5) is 15.4. The molecule has 18 heavy (non-hydrogen) atoms. The summed E-state index contributed by atoms with van der Waals surface area (Å²) in [5.41, 5.74) is 7.70. The van der Waals surface area contributed by atoms with Gasteiger partial charge in [0.05, 0.1) is 6.20 Å². The molecule has 0 spiro atoms. The Hall–Kier alpha value is -2.57. The predicted octanol–water partition coefficient (Wildman–Crippen LogP) is 0.359. The molecule has 0 aliphatic heterocycles. The van der Waals surface area contributed by atoms with Crippen molar-refractivity contribution in [2.45, 2.75) is 6.54 Å². The molecule has 5 N–H and O–H groups in total. The summed E-state index contributed by atoms with van der Waals surface area (Å²) >= 11 is 0. The van der Waals surface area contributed by atoms with Crippen LogP contribution in [0, 0.1) is 0 Å². The molecule has 2 aromatic heterocycles. The summed E-state index contributed by atoms with van der Waals surface area (Å²) in [6.45, 7) is 0.527. The van der Waals surface area contributed by atoms with Gasteiger partial charge in [0.1, 0.15) is 11.5 Å². The minimum absolute atomic E-state index is 0.221. The lowest BCUT2D eigenvalue weighted by atomic mass is 10.2. The van der Waals surface area contributed by atoms with Crippen molar-refractivity contribution < 1.29 is 4.79 Å². The Balaban J connectivity index is 2.06. The molecule has 0 radical (unpaired) electrons. The summed E-state index contributed by atoms with van der Waals surface area (Å²) in [6.07, 6.45) is 3.23. The van der Waals surface area contributed by atoms with Crippen molar-refractivity contribution in [1.29, 1.82) is 0 Å². The number of nitrogens with zero attached hydrogens (tertiary/aromatic N) is 2. The van der Waals surface area contributed by atoms with Crippen LogP contribution in [0.5, 0.6) is 0 Å². The average molecular weight is 246 g/mol. The highest BCUT2D eigenvalue weighted by Crippen LogP contribution is 2.12. The van der Waals surface area contributed by atoms with Gasteiger partial charge in [-0.3, -0.25) is 14.9 Å². The molecule has 0 saturated heterocycles. The standard InChI is InChI=1S/C11H14N6O/c1-13-11(18)9-4-8(2-3-14-9)15-5-7-6-16-17-10(7)12/h2-4,6H,5H2,1H3,(H,13,18)(H,14,15)(H3,12,16,17). The monoisotopic (exact) mass is 246 g/mol. The fourth-order valence-electron chi connectivity index (χ4n) is 1.45. The maximum absolute atomic E-state index is 11.4. The second-order valence-electron chi connectivity index (χ2n) is 3.67. The van der Waals surface area contributed by atoms with E-state index < -0.39 is 0 Å². The number of H-pyrrole nitrogens is 1. The van der Waals surface area contributed by atoms with Crippen LogP contribution in [-0.4, -0.2) is 28.1 Å². The molecule has 0 aliphatic rings. The zero-order chi connectivity index (χ0) is 13.0. The number of hydrogen-bond acceptors (Lipinski definition) is 5. The fraction of sp³-hybridized carbons (Fsp3) is 0.182. The van der Waals surface area contributed by atoms with E-state index in [2.05, 4.69) is 25.8 Å². The van der Waals surface area contributed by atoms with E-state index in [-0.39, 0.29) is 5.91 Å². The van der Waals surface area contributed by atoms with Crippen LogP contribution in [0.2, 0.25) is 0 Å². The van der Waals surface area contributed by atoms with Gasteiger partial charge < -0.3 is 16.4 Å². The highest BCUT2D eigenvalue weighted by Gasteiger charge is 2.06. The number of pyridine rings is 1. The third kappa shape index (κ3) is 2.57. The number of rotatable bonds is 4. The van der Waals surface area contributed by atoms with Crippen molar-refractivity contribution >= 4 is 17.4 Å². The van der Waals surface area contributed by atoms with Gasteiger partial charge in [-0.2, -0.15) is 5.10 Å². The smallest absolute Gasteiger partial charge is 0.269 e. The Morgan fingerprint density at radius 3 is 3.06 bits per heavy atom. The SMILES string of the molecule is CNC(=O)c1cc(NCc2cn[nH]c2N)ccn1. The summed E-state index contributed by atoms with van der Waals surface area (Å²) in [7, 11) is 1.57. The normalized spacial score (nSPS) is 10.1. The molecule has 94 valence electrons. The Morgan fingerprint density at radius 1 is 1.56 bits per heavy atom. The molecule has 0 unspecified atom stereocenters. The number of nitrogens with one attached hydrogen (secondary N) is 3. The predicted molar refractivity (Wildman–Crippen MR) is 68.0 cm³/mol. The van der Waals surface area contributed by atoms with Gasteiger partial charge >= 0.3 is 0 Å². The number of amides is 1. The van der Waals surface area contributed by atoms with Gasteiger partial charge in [-0.1, -0.05) is 0 Å². The number of carbonyl (C=O) groups excluding carboxylic acids is 1. The van der Waals surface area contributed by atoms with Crippen molar-refractivity contribution in [3.8, 4) is 0 Å². The van der Waals surface area contributed by atoms with Crippen LogP contribution in [0.1, 0.15) is 16.1 Å². The van der Waals surface area contributed by atoms with Gasteiger partial charge in [0.15, 0.2) is 0 Å². The number of nitrogens with two attached hydrogens (primary N) is 1. The second-order valence-corrected chi connectivity index (χ2v) is 3.67. The molecule has 2 rings (SSSR count). The molecule has 0 aromatic carbocycles. The molecule has 1 amide bonds. The molecular formula is C11H14N6O. The van der Waals surface area contributed by atoms with E-state index in [0.29, 0.717) is 18.1 Å². The first-order chi connectivity index (χ1) is 8.70. The Morgan fingerprint density at radius 2 is 2.39 bits per heavy atom. The third-order valence-corrected chi connectivity index (χ3v) is 2.45. The van der Waals surface area contributed by atoms with Gasteiger partial charge in [-0.25, -0.2) is 0 Å². The van der Waals surface area contributed by atoms with E-state index in [1.165, 1.54) is 0 Å². The first-order valence-electron chi connectivity index (χ1n) is 5.40. The van der Waals surface area contributed by atoms with Crippen molar-refractivity contribution in [3.05, 3.63) is 35.8 Å². The molecule has 0 bridgehead atoms. The lowest BCUT2D eigenvalue weighted by Gasteiger charge is -2.06. The summed E-state index contributed by atoms with van der Waals surface area (Å²) in [5.74, 6) is 0.310. The topological polar surface area (TPSA) is 109 Å². The lowest BCUT2D eigenvalue weighted by molar-refractivity contribution is 0.0958. The van der Waals surface area contributed by atoms with Crippen molar-refractivity contribution in [3.63, 3.8) is 0 Å². The highest BCUT2D eigenvalue weighted by molar-refractivity contribution is 5.92. The van der Waals surface area contributed by atoms with Crippen molar-refractivity contribution in [2.75, 3.05) is 18.1 Å². The van der Waals surface area contributed by atoms with Crippen LogP contribution < -0.4 is 16.4 Å².